The number of amides is 1. The van der Waals surface area contributed by atoms with Crippen molar-refractivity contribution in [1.82, 2.24) is 24.7 Å². The first-order valence-electron chi connectivity index (χ1n) is 6.12. The SMILES string of the molecule is Cc1cccn2cc(CNC(=O)c3c[nH]c(=O)[nH]3)nc12. The Bertz CT molecular complexity index is 827. The smallest absolute Gasteiger partial charge is 0.323 e. The zero-order valence-corrected chi connectivity index (χ0v) is 10.8. The summed E-state index contributed by atoms with van der Waals surface area (Å²) in [5, 5.41) is 2.70. The van der Waals surface area contributed by atoms with Crippen LogP contribution in [-0.2, 0) is 6.54 Å². The van der Waals surface area contributed by atoms with Crippen LogP contribution in [0.1, 0.15) is 21.7 Å². The van der Waals surface area contributed by atoms with Crippen LogP contribution in [0, 0.1) is 6.92 Å². The summed E-state index contributed by atoms with van der Waals surface area (Å²) in [5.41, 5.74) is 2.49. The number of carbonyl (C=O) groups is 1. The van der Waals surface area contributed by atoms with Crippen molar-refractivity contribution >= 4 is 11.6 Å². The van der Waals surface area contributed by atoms with E-state index >= 15 is 0 Å². The summed E-state index contributed by atoms with van der Waals surface area (Å²) in [6.45, 7) is 2.28. The van der Waals surface area contributed by atoms with Gasteiger partial charge in [0.15, 0.2) is 0 Å². The minimum atomic E-state index is -0.404. The van der Waals surface area contributed by atoms with Gasteiger partial charge in [-0.15, -0.1) is 0 Å². The van der Waals surface area contributed by atoms with Crippen molar-refractivity contribution in [1.29, 1.82) is 0 Å². The number of aromatic amines is 2. The summed E-state index contributed by atoms with van der Waals surface area (Å²) < 4.78 is 1.91. The zero-order valence-electron chi connectivity index (χ0n) is 10.8. The molecule has 7 nitrogen and oxygen atoms in total. The van der Waals surface area contributed by atoms with Crippen LogP contribution in [-0.4, -0.2) is 25.3 Å². The number of nitrogens with one attached hydrogen (secondary N) is 3. The fraction of sp³-hybridized carbons (Fsp3) is 0.154. The zero-order chi connectivity index (χ0) is 14.1. The van der Waals surface area contributed by atoms with Crippen LogP contribution < -0.4 is 11.0 Å². The third-order valence-electron chi connectivity index (χ3n) is 3.00. The van der Waals surface area contributed by atoms with Crippen molar-refractivity contribution in [2.24, 2.45) is 0 Å². The summed E-state index contributed by atoms with van der Waals surface area (Å²) >= 11 is 0. The molecule has 7 heteroatoms. The van der Waals surface area contributed by atoms with Crippen LogP contribution in [0.15, 0.2) is 35.5 Å². The molecule has 0 bridgehead atoms. The van der Waals surface area contributed by atoms with Crippen molar-refractivity contribution in [2.45, 2.75) is 13.5 Å². The van der Waals surface area contributed by atoms with Crippen LogP contribution >= 0.6 is 0 Å². The van der Waals surface area contributed by atoms with Crippen molar-refractivity contribution in [3.05, 3.63) is 58.2 Å². The number of carbonyl (C=O) groups excluding carboxylic acids is 1. The third-order valence-corrected chi connectivity index (χ3v) is 3.00. The van der Waals surface area contributed by atoms with Gasteiger partial charge in [0.1, 0.15) is 11.3 Å². The first kappa shape index (κ1) is 12.2. The maximum atomic E-state index is 11.8. The molecule has 0 unspecified atom stereocenters. The quantitative estimate of drug-likeness (QED) is 0.650. The summed E-state index contributed by atoms with van der Waals surface area (Å²) in [5.74, 6) is -0.350. The van der Waals surface area contributed by atoms with Crippen molar-refractivity contribution in [2.75, 3.05) is 0 Å². The topological polar surface area (TPSA) is 95.0 Å². The van der Waals surface area contributed by atoms with E-state index in [9.17, 15) is 9.59 Å². The van der Waals surface area contributed by atoms with Crippen LogP contribution in [0.2, 0.25) is 0 Å². The molecule has 0 aliphatic rings. The lowest BCUT2D eigenvalue weighted by atomic mass is 10.3. The predicted molar refractivity (Wildman–Crippen MR) is 72.5 cm³/mol. The molecular weight excluding hydrogens is 258 g/mol. The van der Waals surface area contributed by atoms with Crippen molar-refractivity contribution < 1.29 is 4.79 Å². The van der Waals surface area contributed by atoms with Gasteiger partial charge >= 0.3 is 5.69 Å². The molecule has 0 aliphatic carbocycles. The molecule has 102 valence electrons. The Hall–Kier alpha value is -2.83. The Labute approximate surface area is 113 Å². The molecule has 0 saturated heterocycles. The second-order valence-electron chi connectivity index (χ2n) is 4.49. The van der Waals surface area contributed by atoms with Crippen molar-refractivity contribution in [3.63, 3.8) is 0 Å². The highest BCUT2D eigenvalue weighted by Gasteiger charge is 2.09. The number of H-pyrrole nitrogens is 2. The first-order valence-corrected chi connectivity index (χ1v) is 6.12. The maximum Gasteiger partial charge on any atom is 0.323 e. The molecule has 0 fully saturated rings. The number of aryl methyl sites for hydroxylation is 1. The fourth-order valence-corrected chi connectivity index (χ4v) is 2.01. The minimum absolute atomic E-state index is 0.204. The molecule has 3 aromatic heterocycles. The van der Waals surface area contributed by atoms with E-state index in [2.05, 4.69) is 20.3 Å². The van der Waals surface area contributed by atoms with Gasteiger partial charge in [0.2, 0.25) is 0 Å². The third kappa shape index (κ3) is 2.20. The van der Waals surface area contributed by atoms with E-state index in [1.54, 1.807) is 0 Å². The van der Waals surface area contributed by atoms with E-state index in [1.807, 2.05) is 35.9 Å². The van der Waals surface area contributed by atoms with Gasteiger partial charge in [-0.1, -0.05) is 6.07 Å². The molecule has 3 heterocycles. The second-order valence-corrected chi connectivity index (χ2v) is 4.49. The molecule has 1 amide bonds. The van der Waals surface area contributed by atoms with E-state index in [1.165, 1.54) is 6.20 Å². The number of rotatable bonds is 3. The Balaban J connectivity index is 1.75. The number of hydrogen-bond donors (Lipinski definition) is 3. The van der Waals surface area contributed by atoms with Crippen LogP contribution in [0.25, 0.3) is 5.65 Å². The number of pyridine rings is 1. The van der Waals surface area contributed by atoms with Crippen molar-refractivity contribution in [3.8, 4) is 0 Å². The number of nitrogens with zero attached hydrogens (tertiary/aromatic N) is 2. The number of fused-ring (bicyclic) bond motifs is 1. The van der Waals surface area contributed by atoms with Gasteiger partial charge in [-0.2, -0.15) is 0 Å². The average Bonchev–Trinajstić information content (AvgIpc) is 3.03. The number of aromatic nitrogens is 4. The molecule has 0 spiro atoms. The van der Waals surface area contributed by atoms with Crippen LogP contribution in [0.3, 0.4) is 0 Å². The molecule has 3 N–H and O–H groups in total. The molecule has 0 aromatic carbocycles. The molecule has 20 heavy (non-hydrogen) atoms. The summed E-state index contributed by atoms with van der Waals surface area (Å²) in [7, 11) is 0. The Morgan fingerprint density at radius 1 is 1.50 bits per heavy atom. The standard InChI is InChI=1S/C13H13N5O2/c1-8-3-2-4-18-7-9(16-11(8)18)5-14-12(19)10-6-15-13(20)17-10/h2-4,6-7H,5H2,1H3,(H,14,19)(H2,15,17,20). The Morgan fingerprint density at radius 2 is 2.35 bits per heavy atom. The van der Waals surface area contributed by atoms with Gasteiger partial charge in [-0.3, -0.25) is 4.79 Å². The van der Waals surface area contributed by atoms with Gasteiger partial charge in [0, 0.05) is 18.6 Å². The van der Waals surface area contributed by atoms with E-state index in [4.69, 9.17) is 0 Å². The summed E-state index contributed by atoms with van der Waals surface area (Å²) in [6, 6.07) is 3.92. The number of imidazole rings is 2. The lowest BCUT2D eigenvalue weighted by Gasteiger charge is -1.99. The molecule has 0 saturated carbocycles. The van der Waals surface area contributed by atoms with Gasteiger partial charge in [0.25, 0.3) is 5.91 Å². The molecule has 3 rings (SSSR count). The second kappa shape index (κ2) is 4.69. The molecule has 0 radical (unpaired) electrons. The number of hydrogen-bond acceptors (Lipinski definition) is 3. The van der Waals surface area contributed by atoms with Gasteiger partial charge in [0.05, 0.1) is 12.2 Å². The fourth-order valence-electron chi connectivity index (χ4n) is 2.01. The first-order chi connectivity index (χ1) is 9.63. The van der Waals surface area contributed by atoms with E-state index < -0.39 is 5.69 Å². The lowest BCUT2D eigenvalue weighted by molar-refractivity contribution is 0.0946. The van der Waals surface area contributed by atoms with E-state index in [-0.39, 0.29) is 11.6 Å². The van der Waals surface area contributed by atoms with Crippen LogP contribution in [0.4, 0.5) is 0 Å². The molecule has 0 atom stereocenters. The maximum absolute atomic E-state index is 11.8. The summed E-state index contributed by atoms with van der Waals surface area (Å²) in [6.07, 6.45) is 5.11. The van der Waals surface area contributed by atoms with E-state index in [0.29, 0.717) is 6.54 Å². The molecule has 0 aliphatic heterocycles. The highest BCUT2D eigenvalue weighted by molar-refractivity contribution is 5.91. The van der Waals surface area contributed by atoms with Gasteiger partial charge in [-0.25, -0.2) is 9.78 Å². The average molecular weight is 271 g/mol. The Kier molecular flexibility index (Phi) is 2.86. The monoisotopic (exact) mass is 271 g/mol. The summed E-state index contributed by atoms with van der Waals surface area (Å²) in [4.78, 5) is 31.9. The minimum Gasteiger partial charge on any atom is -0.345 e. The van der Waals surface area contributed by atoms with Gasteiger partial charge < -0.3 is 19.7 Å². The lowest BCUT2D eigenvalue weighted by Crippen LogP contribution is -2.23. The Morgan fingerprint density at radius 3 is 3.05 bits per heavy atom. The van der Waals surface area contributed by atoms with Crippen LogP contribution in [0.5, 0.6) is 0 Å². The largest absolute Gasteiger partial charge is 0.345 e. The highest BCUT2D eigenvalue weighted by atomic mass is 16.2. The molecule has 3 aromatic rings. The predicted octanol–water partition coefficient (Wildman–Crippen LogP) is 0.589. The normalized spacial score (nSPS) is 10.8. The highest BCUT2D eigenvalue weighted by Crippen LogP contribution is 2.09. The van der Waals surface area contributed by atoms with Gasteiger partial charge in [-0.05, 0) is 18.6 Å². The molecular formula is C13H13N5O2. The van der Waals surface area contributed by atoms with E-state index in [0.717, 1.165) is 16.9 Å².